The van der Waals surface area contributed by atoms with Gasteiger partial charge in [0.25, 0.3) is 0 Å². The van der Waals surface area contributed by atoms with Crippen molar-refractivity contribution in [1.82, 2.24) is 0 Å². The summed E-state index contributed by atoms with van der Waals surface area (Å²) in [5.41, 5.74) is 2.51. The van der Waals surface area contributed by atoms with Gasteiger partial charge in [0.1, 0.15) is 6.10 Å². The molecule has 96 valence electrons. The molecule has 2 N–H and O–H groups in total. The summed E-state index contributed by atoms with van der Waals surface area (Å²) < 4.78 is 0. The molecule has 0 aliphatic rings. The van der Waals surface area contributed by atoms with Crippen LogP contribution in [0.5, 0.6) is 0 Å². The molecule has 0 aliphatic heterocycles. The summed E-state index contributed by atoms with van der Waals surface area (Å²) in [4.78, 5) is 0. The van der Waals surface area contributed by atoms with Gasteiger partial charge in [-0.25, -0.2) is 0 Å². The van der Waals surface area contributed by atoms with Crippen molar-refractivity contribution in [2.75, 3.05) is 6.61 Å². The molecule has 0 aliphatic carbocycles. The van der Waals surface area contributed by atoms with Crippen LogP contribution in [0.2, 0.25) is 0 Å². The topological polar surface area (TPSA) is 40.5 Å². The zero-order valence-electron chi connectivity index (χ0n) is 11.2. The summed E-state index contributed by atoms with van der Waals surface area (Å²) in [6, 6.07) is 0. The Kier molecular flexibility index (Phi) is 9.52. The third-order valence-electron chi connectivity index (χ3n) is 2.59. The summed E-state index contributed by atoms with van der Waals surface area (Å²) in [6.45, 7) is 5.97. The SMILES string of the molecule is CC#CC(O)CC/C(C)=C/CC/C(C)=C/CO. The second kappa shape index (κ2) is 10.1. The lowest BCUT2D eigenvalue weighted by Crippen LogP contribution is -2.02. The Labute approximate surface area is 105 Å². The molecular formula is C15H24O2. The van der Waals surface area contributed by atoms with Gasteiger partial charge in [-0.05, 0) is 46.5 Å². The van der Waals surface area contributed by atoms with Gasteiger partial charge >= 0.3 is 0 Å². The molecule has 0 radical (unpaired) electrons. The first-order valence-electron chi connectivity index (χ1n) is 6.12. The summed E-state index contributed by atoms with van der Waals surface area (Å²) in [6.07, 6.45) is 7.09. The van der Waals surface area contributed by atoms with E-state index in [4.69, 9.17) is 5.11 Å². The Morgan fingerprint density at radius 3 is 2.41 bits per heavy atom. The minimum Gasteiger partial charge on any atom is -0.392 e. The van der Waals surface area contributed by atoms with Crippen molar-refractivity contribution < 1.29 is 10.2 Å². The van der Waals surface area contributed by atoms with Gasteiger partial charge in [0.2, 0.25) is 0 Å². The lowest BCUT2D eigenvalue weighted by atomic mass is 10.1. The van der Waals surface area contributed by atoms with E-state index in [9.17, 15) is 5.11 Å². The highest BCUT2D eigenvalue weighted by Gasteiger charge is 1.99. The van der Waals surface area contributed by atoms with Crippen LogP contribution < -0.4 is 0 Å². The van der Waals surface area contributed by atoms with Gasteiger partial charge in [0, 0.05) is 0 Å². The molecule has 0 aromatic heterocycles. The number of aliphatic hydroxyl groups excluding tert-OH is 2. The lowest BCUT2D eigenvalue weighted by Gasteiger charge is -2.04. The van der Waals surface area contributed by atoms with Gasteiger partial charge in [0.05, 0.1) is 6.61 Å². The second-order valence-corrected chi connectivity index (χ2v) is 4.27. The van der Waals surface area contributed by atoms with Crippen LogP contribution in [0.25, 0.3) is 0 Å². The molecule has 17 heavy (non-hydrogen) atoms. The van der Waals surface area contributed by atoms with Gasteiger partial charge in [-0.15, -0.1) is 5.92 Å². The first-order chi connectivity index (χ1) is 8.10. The van der Waals surface area contributed by atoms with Crippen LogP contribution in [0.15, 0.2) is 23.3 Å². The molecule has 2 heteroatoms. The minimum atomic E-state index is -0.501. The van der Waals surface area contributed by atoms with Crippen molar-refractivity contribution >= 4 is 0 Å². The van der Waals surface area contributed by atoms with Crippen LogP contribution in [-0.4, -0.2) is 22.9 Å². The summed E-state index contributed by atoms with van der Waals surface area (Å²) >= 11 is 0. The van der Waals surface area contributed by atoms with Gasteiger partial charge in [-0.2, -0.15) is 0 Å². The number of hydrogen-bond donors (Lipinski definition) is 2. The van der Waals surface area contributed by atoms with Crippen LogP contribution in [0.3, 0.4) is 0 Å². The Hall–Kier alpha value is -1.04. The number of rotatable bonds is 7. The average Bonchev–Trinajstić information content (AvgIpc) is 2.27. The first kappa shape index (κ1) is 16.0. The van der Waals surface area contributed by atoms with Crippen LogP contribution in [0.1, 0.15) is 46.5 Å². The van der Waals surface area contributed by atoms with Gasteiger partial charge < -0.3 is 10.2 Å². The van der Waals surface area contributed by atoms with Crippen molar-refractivity contribution in [2.24, 2.45) is 0 Å². The highest BCUT2D eigenvalue weighted by Crippen LogP contribution is 2.11. The van der Waals surface area contributed by atoms with Crippen molar-refractivity contribution in [3.8, 4) is 11.8 Å². The van der Waals surface area contributed by atoms with E-state index < -0.39 is 6.10 Å². The van der Waals surface area contributed by atoms with Crippen LogP contribution in [0.4, 0.5) is 0 Å². The van der Waals surface area contributed by atoms with Gasteiger partial charge in [-0.1, -0.05) is 29.2 Å². The van der Waals surface area contributed by atoms with E-state index in [-0.39, 0.29) is 6.61 Å². The molecular weight excluding hydrogens is 212 g/mol. The highest BCUT2D eigenvalue weighted by atomic mass is 16.3. The fourth-order valence-corrected chi connectivity index (χ4v) is 1.51. The molecule has 2 nitrogen and oxygen atoms in total. The van der Waals surface area contributed by atoms with Crippen molar-refractivity contribution in [3.63, 3.8) is 0 Å². The van der Waals surface area contributed by atoms with Gasteiger partial charge in [-0.3, -0.25) is 0 Å². The number of allylic oxidation sites excluding steroid dienone is 3. The third kappa shape index (κ3) is 9.86. The molecule has 0 heterocycles. The normalized spacial score (nSPS) is 14.2. The standard InChI is InChI=1S/C15H24O2/c1-4-6-15(17)10-9-13(2)7-5-8-14(3)11-12-16/h7,11,15-17H,5,8-10,12H2,1-3H3/b13-7+,14-11+. The van der Waals surface area contributed by atoms with E-state index in [1.54, 1.807) is 6.92 Å². The molecule has 0 aromatic rings. The van der Waals surface area contributed by atoms with Gasteiger partial charge in [0.15, 0.2) is 0 Å². The maximum absolute atomic E-state index is 9.44. The predicted octanol–water partition coefficient (Wildman–Crippen LogP) is 2.82. The Bertz CT molecular complexity index is 316. The van der Waals surface area contributed by atoms with E-state index in [1.807, 2.05) is 13.0 Å². The van der Waals surface area contributed by atoms with Crippen molar-refractivity contribution in [3.05, 3.63) is 23.3 Å². The number of hydrogen-bond acceptors (Lipinski definition) is 2. The Morgan fingerprint density at radius 2 is 1.82 bits per heavy atom. The lowest BCUT2D eigenvalue weighted by molar-refractivity contribution is 0.222. The molecule has 1 atom stereocenters. The summed E-state index contributed by atoms with van der Waals surface area (Å²) in [7, 11) is 0. The fourth-order valence-electron chi connectivity index (χ4n) is 1.51. The predicted molar refractivity (Wildman–Crippen MR) is 72.5 cm³/mol. The van der Waals surface area contributed by atoms with E-state index in [1.165, 1.54) is 11.1 Å². The summed E-state index contributed by atoms with van der Waals surface area (Å²) in [5, 5.41) is 18.2. The summed E-state index contributed by atoms with van der Waals surface area (Å²) in [5.74, 6) is 5.45. The van der Waals surface area contributed by atoms with Crippen molar-refractivity contribution in [1.29, 1.82) is 0 Å². The quantitative estimate of drug-likeness (QED) is 0.527. The molecule has 1 unspecified atom stereocenters. The largest absolute Gasteiger partial charge is 0.392 e. The zero-order valence-corrected chi connectivity index (χ0v) is 11.2. The van der Waals surface area contributed by atoms with Crippen LogP contribution in [0, 0.1) is 11.8 Å². The van der Waals surface area contributed by atoms with E-state index >= 15 is 0 Å². The Balaban J connectivity index is 3.85. The molecule has 0 aromatic carbocycles. The van der Waals surface area contributed by atoms with E-state index in [0.717, 1.165) is 19.3 Å². The fraction of sp³-hybridized carbons (Fsp3) is 0.600. The minimum absolute atomic E-state index is 0.121. The molecule has 0 bridgehead atoms. The van der Waals surface area contributed by atoms with Crippen LogP contribution in [-0.2, 0) is 0 Å². The molecule has 0 rings (SSSR count). The van der Waals surface area contributed by atoms with E-state index in [2.05, 4.69) is 24.8 Å². The molecule has 0 saturated carbocycles. The first-order valence-corrected chi connectivity index (χ1v) is 6.12. The third-order valence-corrected chi connectivity index (χ3v) is 2.59. The maximum Gasteiger partial charge on any atom is 0.115 e. The zero-order chi connectivity index (χ0) is 13.1. The highest BCUT2D eigenvalue weighted by molar-refractivity contribution is 5.06. The van der Waals surface area contributed by atoms with E-state index in [0.29, 0.717) is 6.42 Å². The molecule has 0 amide bonds. The molecule has 0 saturated heterocycles. The monoisotopic (exact) mass is 236 g/mol. The second-order valence-electron chi connectivity index (χ2n) is 4.27. The average molecular weight is 236 g/mol. The smallest absolute Gasteiger partial charge is 0.115 e. The molecule has 0 spiro atoms. The van der Waals surface area contributed by atoms with Crippen LogP contribution >= 0.6 is 0 Å². The number of aliphatic hydroxyl groups is 2. The Morgan fingerprint density at radius 1 is 1.18 bits per heavy atom. The maximum atomic E-state index is 9.44. The van der Waals surface area contributed by atoms with Crippen molar-refractivity contribution in [2.45, 2.75) is 52.6 Å². The molecule has 0 fully saturated rings.